The molecule has 0 aliphatic carbocycles. The van der Waals surface area contributed by atoms with Crippen LogP contribution in [-0.4, -0.2) is 22.3 Å². The Bertz CT molecular complexity index is 1270. The summed E-state index contributed by atoms with van der Waals surface area (Å²) in [5.41, 5.74) is 6.00. The second-order valence-corrected chi connectivity index (χ2v) is 11.4. The van der Waals surface area contributed by atoms with Crippen LogP contribution in [0.25, 0.3) is 31.9 Å². The van der Waals surface area contributed by atoms with Crippen molar-refractivity contribution in [1.82, 2.24) is 15.3 Å². The van der Waals surface area contributed by atoms with Gasteiger partial charge in [-0.1, -0.05) is 26.3 Å². The SMILES string of the molecule is CC(C)CCCC(=O)Cc1sc2c(c1-c1nc3ccc(-c4ccncc4)cc3s1)CCNC2. The largest absolute Gasteiger partial charge is 0.312 e. The Morgan fingerprint density at radius 1 is 1.12 bits per heavy atom. The van der Waals surface area contributed by atoms with Crippen molar-refractivity contribution in [2.24, 2.45) is 5.92 Å². The molecule has 4 aromatic rings. The number of nitrogens with zero attached hydrogens (tertiary/aromatic N) is 2. The molecule has 0 amide bonds. The van der Waals surface area contributed by atoms with E-state index in [0.717, 1.165) is 48.4 Å². The lowest BCUT2D eigenvalue weighted by Gasteiger charge is -2.13. The van der Waals surface area contributed by atoms with Crippen LogP contribution in [0.1, 0.15) is 48.4 Å². The third-order valence-electron chi connectivity index (χ3n) is 6.21. The summed E-state index contributed by atoms with van der Waals surface area (Å²) < 4.78 is 1.18. The first kappa shape index (κ1) is 22.4. The van der Waals surface area contributed by atoms with E-state index < -0.39 is 0 Å². The molecule has 33 heavy (non-hydrogen) atoms. The number of rotatable bonds is 8. The Kier molecular flexibility index (Phi) is 6.67. The summed E-state index contributed by atoms with van der Waals surface area (Å²) in [5.74, 6) is 0.998. The van der Waals surface area contributed by atoms with Crippen molar-refractivity contribution in [2.75, 3.05) is 6.54 Å². The number of thiophene rings is 1. The highest BCUT2D eigenvalue weighted by molar-refractivity contribution is 7.22. The van der Waals surface area contributed by atoms with E-state index in [1.165, 1.54) is 31.1 Å². The van der Waals surface area contributed by atoms with Gasteiger partial charge in [0, 0.05) is 47.1 Å². The van der Waals surface area contributed by atoms with Crippen molar-refractivity contribution in [1.29, 1.82) is 0 Å². The molecule has 170 valence electrons. The highest BCUT2D eigenvalue weighted by Crippen LogP contribution is 2.42. The summed E-state index contributed by atoms with van der Waals surface area (Å²) >= 11 is 3.56. The van der Waals surface area contributed by atoms with Crippen LogP contribution in [0.15, 0.2) is 42.7 Å². The summed E-state index contributed by atoms with van der Waals surface area (Å²) in [5, 5.41) is 4.55. The molecule has 0 saturated carbocycles. The van der Waals surface area contributed by atoms with Gasteiger partial charge in [-0.25, -0.2) is 4.98 Å². The predicted octanol–water partition coefficient (Wildman–Crippen LogP) is 6.67. The Balaban J connectivity index is 1.48. The van der Waals surface area contributed by atoms with E-state index >= 15 is 0 Å². The minimum Gasteiger partial charge on any atom is -0.312 e. The number of aromatic nitrogens is 2. The second kappa shape index (κ2) is 9.84. The maximum absolute atomic E-state index is 12.8. The van der Waals surface area contributed by atoms with E-state index in [1.54, 1.807) is 11.3 Å². The third-order valence-corrected chi connectivity index (χ3v) is 8.48. The molecule has 4 nitrogen and oxygen atoms in total. The van der Waals surface area contributed by atoms with Crippen LogP contribution in [-0.2, 0) is 24.2 Å². The van der Waals surface area contributed by atoms with E-state index in [-0.39, 0.29) is 0 Å². The number of fused-ring (bicyclic) bond motifs is 2. The van der Waals surface area contributed by atoms with Gasteiger partial charge in [-0.3, -0.25) is 9.78 Å². The molecule has 3 aromatic heterocycles. The molecule has 6 heteroatoms. The number of carbonyl (C=O) groups excluding carboxylic acids is 1. The first-order valence-electron chi connectivity index (χ1n) is 11.8. The fraction of sp³-hybridized carbons (Fsp3) is 0.370. The van der Waals surface area contributed by atoms with Gasteiger partial charge in [0.15, 0.2) is 0 Å². The molecule has 0 radical (unpaired) electrons. The smallest absolute Gasteiger partial charge is 0.138 e. The Hall–Kier alpha value is -2.41. The van der Waals surface area contributed by atoms with Crippen LogP contribution in [0, 0.1) is 5.92 Å². The number of ketones is 1. The zero-order chi connectivity index (χ0) is 22.8. The molecule has 5 rings (SSSR count). The number of carbonyl (C=O) groups is 1. The van der Waals surface area contributed by atoms with E-state index in [4.69, 9.17) is 4.98 Å². The molecule has 0 spiro atoms. The van der Waals surface area contributed by atoms with Crippen molar-refractivity contribution >= 4 is 38.7 Å². The van der Waals surface area contributed by atoms with Crippen LogP contribution in [0.5, 0.6) is 0 Å². The number of nitrogens with one attached hydrogen (secondary N) is 1. The van der Waals surface area contributed by atoms with E-state index in [9.17, 15) is 4.79 Å². The zero-order valence-electron chi connectivity index (χ0n) is 19.2. The summed E-state index contributed by atoms with van der Waals surface area (Å²) in [6.07, 6.45) is 7.96. The summed E-state index contributed by atoms with van der Waals surface area (Å²) in [6.45, 7) is 6.31. The molecular formula is C27H29N3OS2. The Labute approximate surface area is 203 Å². The van der Waals surface area contributed by atoms with Crippen molar-refractivity contribution < 1.29 is 4.79 Å². The number of hydrogen-bond donors (Lipinski definition) is 1. The summed E-state index contributed by atoms with van der Waals surface area (Å²) in [4.78, 5) is 24.6. The molecule has 0 fully saturated rings. The normalized spacial score (nSPS) is 13.5. The zero-order valence-corrected chi connectivity index (χ0v) is 20.8. The van der Waals surface area contributed by atoms with Crippen LogP contribution in [0.3, 0.4) is 0 Å². The van der Waals surface area contributed by atoms with Gasteiger partial charge < -0.3 is 5.32 Å². The fourth-order valence-corrected chi connectivity index (χ4v) is 7.02. The first-order chi connectivity index (χ1) is 16.1. The molecule has 4 heterocycles. The average molecular weight is 476 g/mol. The van der Waals surface area contributed by atoms with Gasteiger partial charge in [-0.2, -0.15) is 0 Å². The van der Waals surface area contributed by atoms with Crippen LogP contribution in [0.4, 0.5) is 0 Å². The van der Waals surface area contributed by atoms with Gasteiger partial charge in [-0.05, 0) is 66.3 Å². The number of benzene rings is 1. The van der Waals surface area contributed by atoms with Crippen LogP contribution < -0.4 is 5.32 Å². The van der Waals surface area contributed by atoms with E-state index in [0.29, 0.717) is 24.5 Å². The lowest BCUT2D eigenvalue weighted by molar-refractivity contribution is -0.118. The van der Waals surface area contributed by atoms with Crippen LogP contribution in [0.2, 0.25) is 0 Å². The maximum atomic E-state index is 12.8. The lowest BCUT2D eigenvalue weighted by Crippen LogP contribution is -2.22. The minimum absolute atomic E-state index is 0.351. The summed E-state index contributed by atoms with van der Waals surface area (Å²) in [6, 6.07) is 10.5. The topological polar surface area (TPSA) is 54.9 Å². The van der Waals surface area contributed by atoms with Crippen LogP contribution >= 0.6 is 22.7 Å². The number of thiazole rings is 1. The predicted molar refractivity (Wildman–Crippen MR) is 139 cm³/mol. The Morgan fingerprint density at radius 2 is 1.97 bits per heavy atom. The number of pyridine rings is 1. The van der Waals surface area contributed by atoms with E-state index in [1.807, 2.05) is 35.9 Å². The van der Waals surface area contributed by atoms with Gasteiger partial charge in [0.1, 0.15) is 10.8 Å². The quantitative estimate of drug-likeness (QED) is 0.309. The lowest BCUT2D eigenvalue weighted by atomic mass is 9.99. The average Bonchev–Trinajstić information content (AvgIpc) is 3.39. The molecular weight excluding hydrogens is 446 g/mol. The maximum Gasteiger partial charge on any atom is 0.138 e. The molecule has 1 aliphatic heterocycles. The standard InChI is InChI=1S/C27H29N3OS2/c1-17(2)4-3-5-20(31)15-24-26(21-10-13-29-16-25(21)32-24)27-30-22-7-6-19(14-23(22)33-27)18-8-11-28-12-9-18/h6-9,11-12,14,17,29H,3-5,10,13,15-16H2,1-2H3. The van der Waals surface area contributed by atoms with Crippen molar-refractivity contribution in [3.8, 4) is 21.7 Å². The molecule has 1 aliphatic rings. The van der Waals surface area contributed by atoms with Gasteiger partial charge >= 0.3 is 0 Å². The van der Waals surface area contributed by atoms with Crippen molar-refractivity contribution in [2.45, 2.75) is 52.5 Å². The number of hydrogen-bond acceptors (Lipinski definition) is 6. The molecule has 0 bridgehead atoms. The number of Topliss-reactive ketones (excluding diaryl/α,β-unsaturated/α-hetero) is 1. The minimum atomic E-state index is 0.351. The Morgan fingerprint density at radius 3 is 2.79 bits per heavy atom. The summed E-state index contributed by atoms with van der Waals surface area (Å²) in [7, 11) is 0. The molecule has 0 saturated heterocycles. The van der Waals surface area contributed by atoms with Gasteiger partial charge in [0.05, 0.1) is 10.2 Å². The molecule has 0 atom stereocenters. The van der Waals surface area contributed by atoms with E-state index in [2.05, 4.69) is 42.3 Å². The monoisotopic (exact) mass is 475 g/mol. The first-order valence-corrected chi connectivity index (χ1v) is 13.4. The second-order valence-electron chi connectivity index (χ2n) is 9.17. The highest BCUT2D eigenvalue weighted by Gasteiger charge is 2.25. The third kappa shape index (κ3) is 4.93. The van der Waals surface area contributed by atoms with Gasteiger partial charge in [-0.15, -0.1) is 22.7 Å². The highest BCUT2D eigenvalue weighted by atomic mass is 32.1. The van der Waals surface area contributed by atoms with Gasteiger partial charge in [0.2, 0.25) is 0 Å². The van der Waals surface area contributed by atoms with Gasteiger partial charge in [0.25, 0.3) is 0 Å². The fourth-order valence-electron chi connectivity index (χ4n) is 4.49. The van der Waals surface area contributed by atoms with Crippen molar-refractivity contribution in [3.05, 3.63) is 58.0 Å². The molecule has 1 aromatic carbocycles. The van der Waals surface area contributed by atoms with Crippen molar-refractivity contribution in [3.63, 3.8) is 0 Å². The molecule has 1 N–H and O–H groups in total. The molecule has 0 unspecified atom stereocenters.